The predicted octanol–water partition coefficient (Wildman–Crippen LogP) is 2.32. The summed E-state index contributed by atoms with van der Waals surface area (Å²) in [6.07, 6.45) is 2.15. The summed E-state index contributed by atoms with van der Waals surface area (Å²) in [7, 11) is 0. The number of likely N-dealkylation sites (tertiary alicyclic amines) is 1. The van der Waals surface area contributed by atoms with Crippen LogP contribution in [0.2, 0.25) is 0 Å². The zero-order valence-electron chi connectivity index (χ0n) is 12.5. The lowest BCUT2D eigenvalue weighted by Crippen LogP contribution is -2.39. The Morgan fingerprint density at radius 2 is 2.05 bits per heavy atom. The van der Waals surface area contributed by atoms with Crippen LogP contribution in [0.15, 0.2) is 18.2 Å². The quantitative estimate of drug-likeness (QED) is 0.846. The average molecular weight is 298 g/mol. The van der Waals surface area contributed by atoms with E-state index in [-0.39, 0.29) is 18.5 Å². The summed E-state index contributed by atoms with van der Waals surface area (Å²) in [5.41, 5.74) is 0.382. The normalized spacial score (nSPS) is 18.9. The SMILES string of the molecule is C[C@@H](NCC1CCN(CCO)CC1)c1cc(F)ccc1F. The van der Waals surface area contributed by atoms with E-state index in [1.165, 1.54) is 12.1 Å². The molecule has 1 atom stereocenters. The third kappa shape index (κ3) is 4.73. The number of nitrogens with one attached hydrogen (secondary N) is 1. The minimum atomic E-state index is -0.405. The molecule has 1 heterocycles. The highest BCUT2D eigenvalue weighted by molar-refractivity contribution is 5.21. The summed E-state index contributed by atoms with van der Waals surface area (Å²) < 4.78 is 26.9. The fraction of sp³-hybridized carbons (Fsp3) is 0.625. The van der Waals surface area contributed by atoms with E-state index < -0.39 is 5.82 Å². The van der Waals surface area contributed by atoms with Gasteiger partial charge in [0.05, 0.1) is 6.61 Å². The molecule has 3 nitrogen and oxygen atoms in total. The summed E-state index contributed by atoms with van der Waals surface area (Å²) >= 11 is 0. The first kappa shape index (κ1) is 16.3. The number of piperidine rings is 1. The van der Waals surface area contributed by atoms with Gasteiger partial charge in [0.2, 0.25) is 0 Å². The van der Waals surface area contributed by atoms with Gasteiger partial charge in [-0.3, -0.25) is 0 Å². The number of aliphatic hydroxyl groups is 1. The first-order valence-electron chi connectivity index (χ1n) is 7.61. The van der Waals surface area contributed by atoms with Gasteiger partial charge in [-0.15, -0.1) is 0 Å². The molecule has 1 saturated heterocycles. The molecule has 0 bridgehead atoms. The van der Waals surface area contributed by atoms with Crippen molar-refractivity contribution in [3.8, 4) is 0 Å². The first-order chi connectivity index (χ1) is 10.1. The van der Waals surface area contributed by atoms with Crippen LogP contribution in [0.3, 0.4) is 0 Å². The Morgan fingerprint density at radius 1 is 1.33 bits per heavy atom. The van der Waals surface area contributed by atoms with Crippen molar-refractivity contribution in [2.75, 3.05) is 32.8 Å². The molecule has 0 spiro atoms. The van der Waals surface area contributed by atoms with Crippen molar-refractivity contribution in [3.63, 3.8) is 0 Å². The van der Waals surface area contributed by atoms with Crippen molar-refractivity contribution < 1.29 is 13.9 Å². The molecule has 0 radical (unpaired) electrons. The van der Waals surface area contributed by atoms with Gasteiger partial charge in [-0.2, -0.15) is 0 Å². The van der Waals surface area contributed by atoms with Gasteiger partial charge in [0, 0.05) is 18.2 Å². The van der Waals surface area contributed by atoms with Crippen molar-refractivity contribution in [3.05, 3.63) is 35.4 Å². The van der Waals surface area contributed by atoms with E-state index in [2.05, 4.69) is 10.2 Å². The Labute approximate surface area is 125 Å². The zero-order chi connectivity index (χ0) is 15.2. The molecule has 1 fully saturated rings. The Bertz CT molecular complexity index is 448. The van der Waals surface area contributed by atoms with E-state index in [1.54, 1.807) is 0 Å². The molecule has 1 aromatic carbocycles. The summed E-state index contributed by atoms with van der Waals surface area (Å²) in [6.45, 7) is 5.61. The van der Waals surface area contributed by atoms with Crippen LogP contribution in [0.4, 0.5) is 8.78 Å². The lowest BCUT2D eigenvalue weighted by Gasteiger charge is -2.32. The van der Waals surface area contributed by atoms with E-state index in [4.69, 9.17) is 5.11 Å². The molecule has 0 amide bonds. The largest absolute Gasteiger partial charge is 0.395 e. The fourth-order valence-corrected chi connectivity index (χ4v) is 2.86. The molecule has 21 heavy (non-hydrogen) atoms. The number of rotatable bonds is 6. The number of hydrogen-bond acceptors (Lipinski definition) is 3. The minimum absolute atomic E-state index is 0.198. The molecule has 5 heteroatoms. The number of halogens is 2. The number of benzene rings is 1. The van der Waals surface area contributed by atoms with E-state index in [9.17, 15) is 8.78 Å². The maximum Gasteiger partial charge on any atom is 0.128 e. The molecule has 118 valence electrons. The zero-order valence-corrected chi connectivity index (χ0v) is 12.5. The lowest BCUT2D eigenvalue weighted by molar-refractivity contribution is 0.145. The summed E-state index contributed by atoms with van der Waals surface area (Å²) in [6, 6.07) is 3.38. The maximum atomic E-state index is 13.7. The summed E-state index contributed by atoms with van der Waals surface area (Å²) in [5.74, 6) is -0.217. The molecule has 1 aliphatic rings. The van der Waals surface area contributed by atoms with Crippen molar-refractivity contribution in [1.82, 2.24) is 10.2 Å². The van der Waals surface area contributed by atoms with Crippen LogP contribution in [-0.2, 0) is 0 Å². The van der Waals surface area contributed by atoms with Crippen molar-refractivity contribution in [2.24, 2.45) is 5.92 Å². The van der Waals surface area contributed by atoms with Crippen molar-refractivity contribution in [2.45, 2.75) is 25.8 Å². The van der Waals surface area contributed by atoms with Gasteiger partial charge in [-0.25, -0.2) is 8.78 Å². The maximum absolute atomic E-state index is 13.7. The Kier molecular flexibility index (Phi) is 6.08. The van der Waals surface area contributed by atoms with Gasteiger partial charge in [-0.1, -0.05) is 0 Å². The van der Waals surface area contributed by atoms with Crippen LogP contribution >= 0.6 is 0 Å². The van der Waals surface area contributed by atoms with Gasteiger partial charge >= 0.3 is 0 Å². The van der Waals surface area contributed by atoms with E-state index in [1.807, 2.05) is 6.92 Å². The summed E-state index contributed by atoms with van der Waals surface area (Å²) in [4.78, 5) is 2.26. The fourth-order valence-electron chi connectivity index (χ4n) is 2.86. The van der Waals surface area contributed by atoms with Gasteiger partial charge in [0.25, 0.3) is 0 Å². The Balaban J connectivity index is 1.79. The van der Waals surface area contributed by atoms with E-state index in [0.29, 0.717) is 11.5 Å². The number of nitrogens with zero attached hydrogens (tertiary/aromatic N) is 1. The number of aliphatic hydroxyl groups excluding tert-OH is 1. The molecule has 2 N–H and O–H groups in total. The molecule has 0 unspecified atom stereocenters. The standard InChI is InChI=1S/C16H24F2N2O/c1-12(15-10-14(17)2-3-16(15)18)19-11-13-4-6-20(7-5-13)8-9-21/h2-3,10,12-13,19,21H,4-9,11H2,1H3/t12-/m1/s1. The number of hydrogen-bond donors (Lipinski definition) is 2. The minimum Gasteiger partial charge on any atom is -0.395 e. The Morgan fingerprint density at radius 3 is 2.71 bits per heavy atom. The molecule has 1 aromatic rings. The summed E-state index contributed by atoms with van der Waals surface area (Å²) in [5, 5.41) is 12.2. The van der Waals surface area contributed by atoms with E-state index >= 15 is 0 Å². The van der Waals surface area contributed by atoms with E-state index in [0.717, 1.165) is 45.1 Å². The third-order valence-corrected chi connectivity index (χ3v) is 4.26. The highest BCUT2D eigenvalue weighted by atomic mass is 19.1. The average Bonchev–Trinajstić information content (AvgIpc) is 2.49. The van der Waals surface area contributed by atoms with Crippen molar-refractivity contribution in [1.29, 1.82) is 0 Å². The monoisotopic (exact) mass is 298 g/mol. The van der Waals surface area contributed by atoms with Crippen molar-refractivity contribution >= 4 is 0 Å². The van der Waals surface area contributed by atoms with Gasteiger partial charge < -0.3 is 15.3 Å². The molecular weight excluding hydrogens is 274 g/mol. The molecule has 0 aromatic heterocycles. The second-order valence-electron chi connectivity index (χ2n) is 5.80. The third-order valence-electron chi connectivity index (χ3n) is 4.26. The van der Waals surface area contributed by atoms with Crippen LogP contribution in [-0.4, -0.2) is 42.8 Å². The predicted molar refractivity (Wildman–Crippen MR) is 79.0 cm³/mol. The second kappa shape index (κ2) is 7.82. The van der Waals surface area contributed by atoms with Crippen LogP contribution in [0, 0.1) is 17.6 Å². The van der Waals surface area contributed by atoms with Crippen LogP contribution in [0.25, 0.3) is 0 Å². The Hall–Kier alpha value is -1.04. The molecule has 1 aliphatic heterocycles. The highest BCUT2D eigenvalue weighted by Gasteiger charge is 2.20. The molecule has 0 saturated carbocycles. The smallest absolute Gasteiger partial charge is 0.128 e. The number of β-amino-alcohol motifs (C(OH)–C–C–N with tert-alkyl or cyclic N) is 1. The first-order valence-corrected chi connectivity index (χ1v) is 7.61. The van der Waals surface area contributed by atoms with Gasteiger partial charge in [-0.05, 0) is 63.5 Å². The topological polar surface area (TPSA) is 35.5 Å². The molecular formula is C16H24F2N2O. The van der Waals surface area contributed by atoms with Crippen LogP contribution in [0.5, 0.6) is 0 Å². The van der Waals surface area contributed by atoms with Gasteiger partial charge in [0.1, 0.15) is 11.6 Å². The lowest BCUT2D eigenvalue weighted by atomic mass is 9.96. The second-order valence-corrected chi connectivity index (χ2v) is 5.80. The molecule has 2 rings (SSSR count). The van der Waals surface area contributed by atoms with Crippen LogP contribution < -0.4 is 5.32 Å². The van der Waals surface area contributed by atoms with Crippen LogP contribution in [0.1, 0.15) is 31.4 Å². The van der Waals surface area contributed by atoms with Gasteiger partial charge in [0.15, 0.2) is 0 Å². The highest BCUT2D eigenvalue weighted by Crippen LogP contribution is 2.20. The molecule has 0 aliphatic carbocycles.